The number of rotatable bonds is 5. The highest BCUT2D eigenvalue weighted by molar-refractivity contribution is 6.18. The minimum atomic E-state index is 0.553. The molecule has 0 N–H and O–H groups in total. The summed E-state index contributed by atoms with van der Waals surface area (Å²) in [7, 11) is 0. The minimum Gasteiger partial charge on any atom is -0.456 e. The van der Waals surface area contributed by atoms with Crippen molar-refractivity contribution >= 4 is 65.8 Å². The summed E-state index contributed by atoms with van der Waals surface area (Å²) in [5.74, 6) is 1.69. The molecule has 0 aliphatic rings. The number of aromatic nitrogens is 3. The van der Waals surface area contributed by atoms with Crippen LogP contribution in [0.4, 0.5) is 0 Å². The number of furan rings is 3. The SMILES string of the molecule is c1ccc(-c2nc(-c3ccc4c(c3)oc3ccccc34)nc(-c3cccc4oc5ccc(-c6ccc(-c7ccccc7)c7oc8ccccc8c67)cc5c34)n2)cc1. The Labute approximate surface area is 325 Å². The lowest BCUT2D eigenvalue weighted by Gasteiger charge is -2.10. The summed E-state index contributed by atoms with van der Waals surface area (Å²) < 4.78 is 19.4. The van der Waals surface area contributed by atoms with E-state index in [4.69, 9.17) is 28.2 Å². The van der Waals surface area contributed by atoms with E-state index in [9.17, 15) is 0 Å². The fourth-order valence-corrected chi connectivity index (χ4v) is 8.30. The van der Waals surface area contributed by atoms with Gasteiger partial charge in [-0.15, -0.1) is 0 Å². The smallest absolute Gasteiger partial charge is 0.164 e. The maximum Gasteiger partial charge on any atom is 0.164 e. The number of hydrogen-bond donors (Lipinski definition) is 0. The van der Waals surface area contributed by atoms with Crippen molar-refractivity contribution in [2.75, 3.05) is 0 Å². The Morgan fingerprint density at radius 2 is 0.877 bits per heavy atom. The Hall–Kier alpha value is -7.83. The maximum atomic E-state index is 6.61. The van der Waals surface area contributed by atoms with Gasteiger partial charge in [0.15, 0.2) is 17.5 Å². The molecule has 0 unspecified atom stereocenters. The summed E-state index contributed by atoms with van der Waals surface area (Å²) in [4.78, 5) is 15.3. The molecule has 0 saturated carbocycles. The number of benzene rings is 8. The Bertz CT molecular complexity index is 3530. The quantitative estimate of drug-likeness (QED) is 0.175. The molecule has 6 nitrogen and oxygen atoms in total. The van der Waals surface area contributed by atoms with Crippen LogP contribution in [0.25, 0.3) is 122 Å². The zero-order valence-corrected chi connectivity index (χ0v) is 30.3. The lowest BCUT2D eigenvalue weighted by Crippen LogP contribution is -2.00. The van der Waals surface area contributed by atoms with Crippen LogP contribution in [0.2, 0.25) is 0 Å². The second-order valence-electron chi connectivity index (χ2n) is 14.3. The van der Waals surface area contributed by atoms with Crippen LogP contribution in [0, 0.1) is 0 Å². The van der Waals surface area contributed by atoms with Crippen LogP contribution in [0.15, 0.2) is 189 Å². The third kappa shape index (κ3) is 5.01. The van der Waals surface area contributed by atoms with Gasteiger partial charge in [0.05, 0.1) is 0 Å². The Morgan fingerprint density at radius 1 is 0.281 bits per heavy atom. The van der Waals surface area contributed by atoms with Gasteiger partial charge in [0.25, 0.3) is 0 Å². The number of hydrogen-bond acceptors (Lipinski definition) is 6. The number of fused-ring (bicyclic) bond motifs is 9. The van der Waals surface area contributed by atoms with E-state index in [0.29, 0.717) is 17.5 Å². The van der Waals surface area contributed by atoms with Crippen molar-refractivity contribution in [2.24, 2.45) is 0 Å². The van der Waals surface area contributed by atoms with Gasteiger partial charge in [-0.05, 0) is 65.2 Å². The average Bonchev–Trinajstić information content (AvgIpc) is 3.97. The topological polar surface area (TPSA) is 78.1 Å². The lowest BCUT2D eigenvalue weighted by atomic mass is 9.93. The highest BCUT2D eigenvalue weighted by Gasteiger charge is 2.21. The van der Waals surface area contributed by atoms with Crippen molar-refractivity contribution in [1.29, 1.82) is 0 Å². The standard InChI is InChI=1S/C51H29N3O3/c1-3-12-30(13-4-1)35-26-25-34(47-38-17-8-10-20-42(38)57-48(35)47)32-23-27-43-40(28-32)46-39(18-11-21-44(46)55-43)51-53-49(31-14-5-2-6-15-31)52-50(54-51)33-22-24-37-36-16-7-9-19-41(36)56-45(37)29-33/h1-29H. The van der Waals surface area contributed by atoms with Gasteiger partial charge >= 0.3 is 0 Å². The van der Waals surface area contributed by atoms with E-state index in [2.05, 4.69) is 91.0 Å². The molecule has 0 aliphatic carbocycles. The van der Waals surface area contributed by atoms with Crippen LogP contribution in [-0.4, -0.2) is 15.0 Å². The second kappa shape index (κ2) is 12.3. The van der Waals surface area contributed by atoms with E-state index in [-0.39, 0.29) is 0 Å². The summed E-state index contributed by atoms with van der Waals surface area (Å²) in [6, 6.07) is 59.8. The highest BCUT2D eigenvalue weighted by Crippen LogP contribution is 2.44. The van der Waals surface area contributed by atoms with Gasteiger partial charge in [0.2, 0.25) is 0 Å². The van der Waals surface area contributed by atoms with Crippen molar-refractivity contribution in [2.45, 2.75) is 0 Å². The van der Waals surface area contributed by atoms with E-state index in [1.54, 1.807) is 0 Å². The second-order valence-corrected chi connectivity index (χ2v) is 14.3. The first-order valence-electron chi connectivity index (χ1n) is 18.9. The summed E-state index contributed by atoms with van der Waals surface area (Å²) in [5.41, 5.74) is 11.8. The first-order valence-corrected chi connectivity index (χ1v) is 18.9. The fraction of sp³-hybridized carbons (Fsp3) is 0. The zero-order chi connectivity index (χ0) is 37.5. The van der Waals surface area contributed by atoms with Crippen LogP contribution in [0.1, 0.15) is 0 Å². The Morgan fingerprint density at radius 3 is 1.70 bits per heavy atom. The minimum absolute atomic E-state index is 0.553. The average molecular weight is 732 g/mol. The Kier molecular flexibility index (Phi) is 6.83. The van der Waals surface area contributed by atoms with Gasteiger partial charge in [-0.3, -0.25) is 0 Å². The summed E-state index contributed by atoms with van der Waals surface area (Å²) in [6.45, 7) is 0. The zero-order valence-electron chi connectivity index (χ0n) is 30.3. The van der Waals surface area contributed by atoms with E-state index < -0.39 is 0 Å². The van der Waals surface area contributed by atoms with E-state index >= 15 is 0 Å². The normalized spacial score (nSPS) is 11.9. The van der Waals surface area contributed by atoms with Gasteiger partial charge < -0.3 is 13.3 Å². The molecule has 0 saturated heterocycles. The molecule has 0 spiro atoms. The van der Waals surface area contributed by atoms with Crippen molar-refractivity contribution < 1.29 is 13.3 Å². The van der Waals surface area contributed by atoms with Gasteiger partial charge in [-0.2, -0.15) is 0 Å². The molecule has 6 heteroatoms. The van der Waals surface area contributed by atoms with Crippen molar-refractivity contribution in [1.82, 2.24) is 15.0 Å². The predicted octanol–water partition coefficient (Wildman–Crippen LogP) is 13.9. The molecule has 4 aromatic heterocycles. The van der Waals surface area contributed by atoms with Crippen LogP contribution in [0.3, 0.4) is 0 Å². The van der Waals surface area contributed by atoms with E-state index in [1.807, 2.05) is 84.9 Å². The van der Waals surface area contributed by atoms with Crippen molar-refractivity contribution in [3.8, 4) is 56.4 Å². The molecule has 266 valence electrons. The molecule has 12 aromatic rings. The molecular formula is C51H29N3O3. The van der Waals surface area contributed by atoms with Crippen LogP contribution in [0.5, 0.6) is 0 Å². The van der Waals surface area contributed by atoms with E-state index in [1.165, 1.54) is 0 Å². The summed E-state index contributed by atoms with van der Waals surface area (Å²) in [6.07, 6.45) is 0. The Balaban J connectivity index is 1.07. The van der Waals surface area contributed by atoms with Crippen LogP contribution >= 0.6 is 0 Å². The first kappa shape index (κ1) is 31.5. The lowest BCUT2D eigenvalue weighted by molar-refractivity contribution is 0.668. The monoisotopic (exact) mass is 731 g/mol. The largest absolute Gasteiger partial charge is 0.456 e. The molecule has 0 atom stereocenters. The molecule has 12 rings (SSSR count). The number of para-hydroxylation sites is 2. The van der Waals surface area contributed by atoms with Gasteiger partial charge in [-0.1, -0.05) is 127 Å². The summed E-state index contributed by atoms with van der Waals surface area (Å²) >= 11 is 0. The third-order valence-corrected chi connectivity index (χ3v) is 11.0. The van der Waals surface area contributed by atoms with Crippen molar-refractivity contribution in [3.05, 3.63) is 176 Å². The maximum absolute atomic E-state index is 6.61. The molecular weight excluding hydrogens is 703 g/mol. The molecule has 0 amide bonds. The van der Waals surface area contributed by atoms with Gasteiger partial charge in [-0.25, -0.2) is 15.0 Å². The van der Waals surface area contributed by atoms with Gasteiger partial charge in [0, 0.05) is 54.6 Å². The van der Waals surface area contributed by atoms with Crippen LogP contribution in [-0.2, 0) is 0 Å². The van der Waals surface area contributed by atoms with Crippen molar-refractivity contribution in [3.63, 3.8) is 0 Å². The third-order valence-electron chi connectivity index (χ3n) is 11.0. The molecule has 8 aromatic carbocycles. The van der Waals surface area contributed by atoms with Gasteiger partial charge in [0.1, 0.15) is 33.5 Å². The molecule has 0 radical (unpaired) electrons. The molecule has 4 heterocycles. The molecule has 0 bridgehead atoms. The molecule has 0 fully saturated rings. The van der Waals surface area contributed by atoms with E-state index in [0.717, 1.165) is 105 Å². The molecule has 57 heavy (non-hydrogen) atoms. The highest BCUT2D eigenvalue weighted by atomic mass is 16.3. The first-order chi connectivity index (χ1) is 28.2. The van der Waals surface area contributed by atoms with Crippen LogP contribution < -0.4 is 0 Å². The summed E-state index contributed by atoms with van der Waals surface area (Å²) in [5, 5.41) is 6.19. The molecule has 0 aliphatic heterocycles. The fourth-order valence-electron chi connectivity index (χ4n) is 8.30. The predicted molar refractivity (Wildman–Crippen MR) is 229 cm³/mol. The number of nitrogens with zero attached hydrogens (tertiary/aromatic N) is 3.